The highest BCUT2D eigenvalue weighted by molar-refractivity contribution is 5.94. The first-order chi connectivity index (χ1) is 6.65. The van der Waals surface area contributed by atoms with Gasteiger partial charge in [-0.25, -0.2) is 13.2 Å². The molecule has 0 bridgehead atoms. The van der Waals surface area contributed by atoms with Crippen LogP contribution >= 0.6 is 0 Å². The summed E-state index contributed by atoms with van der Waals surface area (Å²) in [5.41, 5.74) is -6.28. The minimum atomic E-state index is -6.67. The van der Waals surface area contributed by atoms with Crippen molar-refractivity contribution in [2.24, 2.45) is 0 Å². The Labute approximate surface area is 82.2 Å². The van der Waals surface area contributed by atoms with Crippen molar-refractivity contribution >= 4 is 5.78 Å². The summed E-state index contributed by atoms with van der Waals surface area (Å²) in [5, 5.41) is 0. The van der Waals surface area contributed by atoms with Gasteiger partial charge in [0.1, 0.15) is 0 Å². The number of carbonyl (C=O) groups is 1. The zero-order chi connectivity index (χ0) is 13.6. The average molecular weight is 262 g/mol. The van der Waals surface area contributed by atoms with Crippen LogP contribution in [-0.4, -0.2) is 29.7 Å². The molecule has 96 valence electrons. The van der Waals surface area contributed by atoms with Crippen LogP contribution in [0.1, 0.15) is 6.92 Å². The second-order valence-electron chi connectivity index (χ2n) is 2.87. The molecule has 0 spiro atoms. The standard InChI is InChI=1S/C6H3F9O/c1-3(7,8)4(9,6(13,14)15)2(16)5(10,11)12/h1H3. The van der Waals surface area contributed by atoms with Crippen LogP contribution in [0.15, 0.2) is 0 Å². The summed E-state index contributed by atoms with van der Waals surface area (Å²) in [4.78, 5) is 10.1. The largest absolute Gasteiger partial charge is 0.454 e. The first kappa shape index (κ1) is 15.0. The van der Waals surface area contributed by atoms with Crippen molar-refractivity contribution < 1.29 is 44.3 Å². The molecule has 0 aliphatic heterocycles. The van der Waals surface area contributed by atoms with E-state index in [2.05, 4.69) is 0 Å². The maximum atomic E-state index is 12.8. The third-order valence-electron chi connectivity index (χ3n) is 1.57. The molecule has 0 fully saturated rings. The van der Waals surface area contributed by atoms with Gasteiger partial charge in [-0.1, -0.05) is 0 Å². The summed E-state index contributed by atoms with van der Waals surface area (Å²) in [7, 11) is 0. The van der Waals surface area contributed by atoms with E-state index in [4.69, 9.17) is 0 Å². The molecule has 0 saturated heterocycles. The molecule has 0 aromatic carbocycles. The van der Waals surface area contributed by atoms with Gasteiger partial charge in [-0.15, -0.1) is 0 Å². The lowest BCUT2D eigenvalue weighted by atomic mass is 9.92. The molecule has 0 aromatic heterocycles. The van der Waals surface area contributed by atoms with Gasteiger partial charge < -0.3 is 0 Å². The van der Waals surface area contributed by atoms with Crippen LogP contribution in [0.4, 0.5) is 39.5 Å². The Bertz CT molecular complexity index is 266. The Morgan fingerprint density at radius 1 is 0.812 bits per heavy atom. The Kier molecular flexibility index (Phi) is 3.31. The van der Waals surface area contributed by atoms with E-state index < -0.39 is 36.7 Å². The van der Waals surface area contributed by atoms with Gasteiger partial charge in [0.05, 0.1) is 0 Å². The minimum Gasteiger partial charge on any atom is -0.285 e. The van der Waals surface area contributed by atoms with E-state index in [-0.39, 0.29) is 0 Å². The predicted molar refractivity (Wildman–Crippen MR) is 31.6 cm³/mol. The fourth-order valence-corrected chi connectivity index (χ4v) is 0.772. The fraction of sp³-hybridized carbons (Fsp3) is 0.833. The third kappa shape index (κ3) is 2.24. The number of rotatable bonds is 2. The lowest BCUT2D eigenvalue weighted by Gasteiger charge is -2.31. The molecule has 1 nitrogen and oxygen atoms in total. The quantitative estimate of drug-likeness (QED) is 0.699. The normalized spacial score (nSPS) is 18.1. The van der Waals surface area contributed by atoms with Gasteiger partial charge in [-0.05, 0) is 0 Å². The Hall–Kier alpha value is -0.960. The molecule has 0 amide bonds. The maximum Gasteiger partial charge on any atom is 0.454 e. The van der Waals surface area contributed by atoms with Crippen LogP contribution < -0.4 is 0 Å². The van der Waals surface area contributed by atoms with E-state index in [9.17, 15) is 44.3 Å². The first-order valence-corrected chi connectivity index (χ1v) is 3.40. The highest BCUT2D eigenvalue weighted by atomic mass is 19.4. The van der Waals surface area contributed by atoms with E-state index in [1.54, 1.807) is 0 Å². The van der Waals surface area contributed by atoms with Gasteiger partial charge in [0.25, 0.3) is 11.7 Å². The molecule has 0 heterocycles. The van der Waals surface area contributed by atoms with Gasteiger partial charge in [0, 0.05) is 6.92 Å². The molecule has 0 radical (unpaired) electrons. The number of ketones is 1. The van der Waals surface area contributed by atoms with E-state index in [0.29, 0.717) is 0 Å². The highest BCUT2D eigenvalue weighted by Gasteiger charge is 2.78. The van der Waals surface area contributed by atoms with Crippen LogP contribution in [0.3, 0.4) is 0 Å². The molecule has 0 aliphatic carbocycles. The van der Waals surface area contributed by atoms with Gasteiger partial charge in [0.15, 0.2) is 0 Å². The molecule has 10 heteroatoms. The predicted octanol–water partition coefficient (Wildman–Crippen LogP) is 3.04. The van der Waals surface area contributed by atoms with Crippen LogP contribution in [0.2, 0.25) is 0 Å². The second-order valence-corrected chi connectivity index (χ2v) is 2.87. The summed E-state index contributed by atoms with van der Waals surface area (Å²) >= 11 is 0. The second kappa shape index (κ2) is 3.52. The number of halogens is 9. The van der Waals surface area contributed by atoms with Crippen molar-refractivity contribution in [3.8, 4) is 0 Å². The van der Waals surface area contributed by atoms with E-state index >= 15 is 0 Å². The zero-order valence-electron chi connectivity index (χ0n) is 7.31. The van der Waals surface area contributed by atoms with Gasteiger partial charge in [-0.2, -0.15) is 26.3 Å². The number of Topliss-reactive ketones (excluding diaryl/α,β-unsaturated/α-hetero) is 1. The number of hydrogen-bond acceptors (Lipinski definition) is 1. The molecular weight excluding hydrogens is 259 g/mol. The van der Waals surface area contributed by atoms with Crippen molar-refractivity contribution in [1.29, 1.82) is 0 Å². The van der Waals surface area contributed by atoms with E-state index in [0.717, 1.165) is 0 Å². The lowest BCUT2D eigenvalue weighted by Crippen LogP contribution is -2.63. The molecule has 0 aromatic rings. The summed E-state index contributed by atoms with van der Waals surface area (Å²) in [5.74, 6) is -9.72. The fourth-order valence-electron chi connectivity index (χ4n) is 0.772. The summed E-state index contributed by atoms with van der Waals surface area (Å²) < 4.78 is 107. The van der Waals surface area contributed by atoms with Crippen molar-refractivity contribution in [1.82, 2.24) is 0 Å². The summed E-state index contributed by atoms with van der Waals surface area (Å²) in [6.45, 7) is -0.760. The molecule has 0 aliphatic rings. The van der Waals surface area contributed by atoms with Crippen LogP contribution in [0.5, 0.6) is 0 Å². The topological polar surface area (TPSA) is 17.1 Å². The molecular formula is C6H3F9O. The van der Waals surface area contributed by atoms with Crippen molar-refractivity contribution in [3.63, 3.8) is 0 Å². The maximum absolute atomic E-state index is 12.8. The van der Waals surface area contributed by atoms with Crippen molar-refractivity contribution in [2.75, 3.05) is 0 Å². The first-order valence-electron chi connectivity index (χ1n) is 3.40. The lowest BCUT2D eigenvalue weighted by molar-refractivity contribution is -0.296. The smallest absolute Gasteiger partial charge is 0.285 e. The SMILES string of the molecule is CC(F)(F)C(F)(C(=O)C(F)(F)F)C(F)(F)F. The molecule has 0 rings (SSSR count). The molecule has 0 saturated carbocycles. The van der Waals surface area contributed by atoms with Gasteiger partial charge >= 0.3 is 18.0 Å². The number of alkyl halides is 9. The number of carbonyl (C=O) groups excluding carboxylic acids is 1. The van der Waals surface area contributed by atoms with Crippen LogP contribution in [-0.2, 0) is 4.79 Å². The molecule has 1 unspecified atom stereocenters. The Balaban J connectivity index is 5.74. The third-order valence-corrected chi connectivity index (χ3v) is 1.57. The van der Waals surface area contributed by atoms with Gasteiger partial charge in [-0.3, -0.25) is 4.79 Å². The van der Waals surface area contributed by atoms with Crippen molar-refractivity contribution in [2.45, 2.75) is 30.9 Å². The van der Waals surface area contributed by atoms with Crippen LogP contribution in [0, 0.1) is 0 Å². The van der Waals surface area contributed by atoms with Crippen molar-refractivity contribution in [3.05, 3.63) is 0 Å². The van der Waals surface area contributed by atoms with Gasteiger partial charge in [0.2, 0.25) is 0 Å². The summed E-state index contributed by atoms with van der Waals surface area (Å²) in [6.07, 6.45) is -13.0. The molecule has 1 atom stereocenters. The minimum absolute atomic E-state index is 0.760. The number of hydrogen-bond donors (Lipinski definition) is 0. The molecule has 0 N–H and O–H groups in total. The molecule has 16 heavy (non-hydrogen) atoms. The van der Waals surface area contributed by atoms with Crippen LogP contribution in [0.25, 0.3) is 0 Å². The monoisotopic (exact) mass is 262 g/mol. The van der Waals surface area contributed by atoms with E-state index in [1.165, 1.54) is 0 Å². The average Bonchev–Trinajstić information content (AvgIpc) is 1.95. The highest BCUT2D eigenvalue weighted by Crippen LogP contribution is 2.48. The zero-order valence-corrected chi connectivity index (χ0v) is 7.31. The summed E-state index contributed by atoms with van der Waals surface area (Å²) in [6, 6.07) is 0. The Morgan fingerprint density at radius 3 is 1.19 bits per heavy atom. The Morgan fingerprint density at radius 2 is 1.12 bits per heavy atom. The van der Waals surface area contributed by atoms with E-state index in [1.807, 2.05) is 0 Å².